The molecule has 0 bridgehead atoms. The van der Waals surface area contributed by atoms with Crippen LogP contribution in [0, 0.1) is 5.21 Å². The van der Waals surface area contributed by atoms with E-state index in [9.17, 15) is 5.21 Å². The van der Waals surface area contributed by atoms with E-state index in [1.54, 1.807) is 10.3 Å². The molecule has 0 unspecified atom stereocenters. The predicted molar refractivity (Wildman–Crippen MR) is 105 cm³/mol. The fourth-order valence-electron chi connectivity index (χ4n) is 2.57. The van der Waals surface area contributed by atoms with Gasteiger partial charge in [0.2, 0.25) is 5.13 Å². The Hall–Kier alpha value is -3.52. The van der Waals surface area contributed by atoms with Crippen molar-refractivity contribution in [1.82, 2.24) is 4.98 Å². The van der Waals surface area contributed by atoms with E-state index in [4.69, 9.17) is 4.84 Å². The number of hydrogen-bond acceptors (Lipinski definition) is 7. The number of nitrogens with zero attached hydrogens (tertiary/aromatic N) is 5. The molecule has 0 amide bonds. The lowest BCUT2D eigenvalue weighted by molar-refractivity contribution is -0.730. The molecule has 3 aromatic rings. The van der Waals surface area contributed by atoms with E-state index in [0.717, 1.165) is 11.3 Å². The van der Waals surface area contributed by atoms with E-state index >= 15 is 0 Å². The first-order valence-corrected chi connectivity index (χ1v) is 9.02. The van der Waals surface area contributed by atoms with Crippen molar-refractivity contribution >= 4 is 33.7 Å². The molecule has 1 aliphatic rings. The maximum atomic E-state index is 12.1. The van der Waals surface area contributed by atoms with E-state index in [1.807, 2.05) is 60.7 Å². The van der Waals surface area contributed by atoms with Crippen LogP contribution >= 0.6 is 11.3 Å². The summed E-state index contributed by atoms with van der Waals surface area (Å²) in [5.74, 6) is 0.320. The summed E-state index contributed by atoms with van der Waals surface area (Å²) in [5.41, 5.74) is 2.76. The highest BCUT2D eigenvalue weighted by molar-refractivity contribution is 7.13. The van der Waals surface area contributed by atoms with Crippen LogP contribution in [0.4, 0.5) is 10.8 Å². The monoisotopic (exact) mass is 377 g/mol. The van der Waals surface area contributed by atoms with Gasteiger partial charge >= 0.3 is 5.84 Å². The molecular weight excluding hydrogens is 362 g/mol. The van der Waals surface area contributed by atoms with Gasteiger partial charge in [-0.25, -0.2) is 9.88 Å². The minimum Gasteiger partial charge on any atom is -0.430 e. The summed E-state index contributed by atoms with van der Waals surface area (Å²) in [6.07, 6.45) is 0. The van der Waals surface area contributed by atoms with Crippen LogP contribution in [0.3, 0.4) is 0 Å². The average Bonchev–Trinajstić information content (AvgIpc) is 3.33. The van der Waals surface area contributed by atoms with Crippen LogP contribution < -0.4 is 4.90 Å². The van der Waals surface area contributed by atoms with Gasteiger partial charge < -0.3 is 10.0 Å². The fourth-order valence-corrected chi connectivity index (χ4v) is 3.19. The summed E-state index contributed by atoms with van der Waals surface area (Å²) in [6, 6.07) is 19.1. The van der Waals surface area contributed by atoms with Crippen LogP contribution in [0.5, 0.6) is 0 Å². The predicted octanol–water partition coefficient (Wildman–Crippen LogP) is 4.56. The Bertz CT molecular complexity index is 1010. The molecule has 1 aromatic heterocycles. The van der Waals surface area contributed by atoms with Gasteiger partial charge in [-0.05, 0) is 17.0 Å². The zero-order chi connectivity index (χ0) is 18.6. The van der Waals surface area contributed by atoms with Crippen LogP contribution in [0.2, 0.25) is 0 Å². The third-order valence-electron chi connectivity index (χ3n) is 3.88. The quantitative estimate of drug-likeness (QED) is 0.482. The highest BCUT2D eigenvalue weighted by Gasteiger charge is 2.33. The zero-order valence-electron chi connectivity index (χ0n) is 14.2. The maximum Gasteiger partial charge on any atom is 0.350 e. The average molecular weight is 377 g/mol. The third kappa shape index (κ3) is 3.56. The Morgan fingerprint density at radius 2 is 1.85 bits per heavy atom. The molecule has 0 radical (unpaired) electrons. The van der Waals surface area contributed by atoms with E-state index in [1.165, 1.54) is 11.3 Å². The Morgan fingerprint density at radius 1 is 1.15 bits per heavy atom. The standard InChI is InChI=1S/C19H15N5O2S/c1-14(15-8-4-2-5-9-15)21-22-19-20-17(12-27-19)18-23(13-26-24(18)25)16-10-6-3-7-11-16/h2-12H,1,13H2. The summed E-state index contributed by atoms with van der Waals surface area (Å²) in [5, 5.41) is 22.6. The van der Waals surface area contributed by atoms with E-state index in [-0.39, 0.29) is 6.73 Å². The normalized spacial score (nSPS) is 14.0. The van der Waals surface area contributed by atoms with Crippen molar-refractivity contribution in [3.8, 4) is 0 Å². The van der Waals surface area contributed by atoms with Gasteiger partial charge in [-0.1, -0.05) is 55.1 Å². The third-order valence-corrected chi connectivity index (χ3v) is 4.61. The minimum atomic E-state index is 0.127. The van der Waals surface area contributed by atoms with Gasteiger partial charge in [0.15, 0.2) is 12.4 Å². The van der Waals surface area contributed by atoms with Crippen LogP contribution in [0.15, 0.2) is 82.9 Å². The Labute approximate surface area is 159 Å². The highest BCUT2D eigenvalue weighted by Crippen LogP contribution is 2.26. The Kier molecular flexibility index (Phi) is 4.63. The second-order valence-corrected chi connectivity index (χ2v) is 6.47. The van der Waals surface area contributed by atoms with Crippen molar-refractivity contribution in [1.29, 1.82) is 0 Å². The van der Waals surface area contributed by atoms with Gasteiger partial charge in [0.1, 0.15) is 5.69 Å². The molecular formula is C19H15N5O2S. The lowest BCUT2D eigenvalue weighted by atomic mass is 10.2. The molecule has 0 saturated heterocycles. The lowest BCUT2D eigenvalue weighted by Gasteiger charge is -2.09. The molecule has 27 heavy (non-hydrogen) atoms. The molecule has 0 saturated carbocycles. The second-order valence-electron chi connectivity index (χ2n) is 5.63. The molecule has 0 N–H and O–H groups in total. The van der Waals surface area contributed by atoms with Crippen LogP contribution in [0.25, 0.3) is 5.70 Å². The first kappa shape index (κ1) is 16.9. The first-order chi connectivity index (χ1) is 13.2. The molecule has 4 rings (SSSR count). The molecule has 8 heteroatoms. The van der Waals surface area contributed by atoms with Crippen LogP contribution in [0.1, 0.15) is 11.3 Å². The van der Waals surface area contributed by atoms with Crippen molar-refractivity contribution in [2.45, 2.75) is 0 Å². The molecule has 2 aromatic carbocycles. The largest absolute Gasteiger partial charge is 0.430 e. The number of azo groups is 1. The minimum absolute atomic E-state index is 0.127. The van der Waals surface area contributed by atoms with Crippen molar-refractivity contribution in [3.63, 3.8) is 0 Å². The topological polar surface area (TPSA) is 76.1 Å². The fraction of sp³-hybridized carbons (Fsp3) is 0.0526. The van der Waals surface area contributed by atoms with E-state index in [0.29, 0.717) is 27.3 Å². The Balaban J connectivity index is 1.56. The number of aromatic nitrogens is 1. The van der Waals surface area contributed by atoms with Crippen molar-refractivity contribution in [2.24, 2.45) is 10.2 Å². The number of rotatable bonds is 5. The molecule has 2 heterocycles. The van der Waals surface area contributed by atoms with Crippen molar-refractivity contribution in [2.75, 3.05) is 11.6 Å². The van der Waals surface area contributed by atoms with Crippen molar-refractivity contribution < 1.29 is 9.74 Å². The first-order valence-electron chi connectivity index (χ1n) is 8.14. The highest BCUT2D eigenvalue weighted by atomic mass is 32.1. The van der Waals surface area contributed by atoms with E-state index in [2.05, 4.69) is 21.8 Å². The molecule has 134 valence electrons. The smallest absolute Gasteiger partial charge is 0.350 e. The number of para-hydroxylation sites is 1. The lowest BCUT2D eigenvalue weighted by Crippen LogP contribution is -2.29. The second kappa shape index (κ2) is 7.38. The van der Waals surface area contributed by atoms with Gasteiger partial charge in [-0.3, -0.25) is 0 Å². The number of anilines is 1. The van der Waals surface area contributed by atoms with Gasteiger partial charge in [0.05, 0.1) is 5.70 Å². The maximum absolute atomic E-state index is 12.1. The molecule has 0 fully saturated rings. The van der Waals surface area contributed by atoms with Crippen molar-refractivity contribution in [3.05, 3.63) is 89.1 Å². The summed E-state index contributed by atoms with van der Waals surface area (Å²) >= 11 is 1.29. The number of thiazole rings is 1. The summed E-state index contributed by atoms with van der Waals surface area (Å²) in [7, 11) is 0. The van der Waals surface area contributed by atoms with Gasteiger partial charge in [-0.2, -0.15) is 0 Å². The van der Waals surface area contributed by atoms with Gasteiger partial charge in [-0.15, -0.1) is 21.6 Å². The summed E-state index contributed by atoms with van der Waals surface area (Å²) in [4.78, 5) is 11.7. The molecule has 0 atom stereocenters. The number of hydrogen-bond donors (Lipinski definition) is 0. The zero-order valence-corrected chi connectivity index (χ0v) is 15.0. The molecule has 7 nitrogen and oxygen atoms in total. The Morgan fingerprint density at radius 3 is 2.59 bits per heavy atom. The number of amidine groups is 1. The summed E-state index contributed by atoms with van der Waals surface area (Å²) in [6.45, 7) is 4.04. The van der Waals surface area contributed by atoms with Crippen LogP contribution in [-0.4, -0.2) is 22.5 Å². The summed E-state index contributed by atoms with van der Waals surface area (Å²) < 4.78 is 0. The SMILES string of the molecule is C=C(N=Nc1nc(C2=[N+]([O-])OCN2c2ccccc2)cs1)c1ccccc1. The number of benzene rings is 2. The van der Waals surface area contributed by atoms with Crippen LogP contribution in [-0.2, 0) is 4.84 Å². The molecule has 0 spiro atoms. The molecule has 0 aliphatic carbocycles. The molecule has 1 aliphatic heterocycles. The van der Waals surface area contributed by atoms with Gasteiger partial charge in [0.25, 0.3) is 0 Å². The van der Waals surface area contributed by atoms with Gasteiger partial charge in [0, 0.05) is 10.9 Å². The van der Waals surface area contributed by atoms with E-state index < -0.39 is 0 Å².